The van der Waals surface area contributed by atoms with Crippen molar-refractivity contribution in [3.63, 3.8) is 0 Å². The molecule has 2 saturated heterocycles. The highest BCUT2D eigenvalue weighted by molar-refractivity contribution is 6.31. The normalized spacial score (nSPS) is 26.1. The number of fused-ring (bicyclic) bond motifs is 6. The Morgan fingerprint density at radius 1 is 0.609 bits per heavy atom. The molecule has 0 N–H and O–H groups in total. The van der Waals surface area contributed by atoms with Crippen molar-refractivity contribution >= 4 is 35.0 Å². The van der Waals surface area contributed by atoms with Crippen LogP contribution < -0.4 is 0 Å². The summed E-state index contributed by atoms with van der Waals surface area (Å²) in [7, 11) is 0. The Morgan fingerprint density at radius 2 is 1.00 bits per heavy atom. The molecule has 4 atom stereocenters. The fraction of sp³-hybridized carbons (Fsp3) is 0.316. The third-order valence-corrected chi connectivity index (χ3v) is 10.5. The molecule has 236 valence electrons. The van der Waals surface area contributed by atoms with Crippen LogP contribution in [0.25, 0.3) is 0 Å². The zero-order valence-electron chi connectivity index (χ0n) is 25.9. The molecule has 6 nitrogen and oxygen atoms in total. The monoisotopic (exact) mass is 654 g/mol. The molecule has 8 heteroatoms. The van der Waals surface area contributed by atoms with Crippen molar-refractivity contribution in [1.82, 2.24) is 9.80 Å². The minimum absolute atomic E-state index is 0.125. The van der Waals surface area contributed by atoms with E-state index in [-0.39, 0.29) is 23.7 Å². The van der Waals surface area contributed by atoms with Gasteiger partial charge in [-0.1, -0.05) is 108 Å². The van der Waals surface area contributed by atoms with E-state index in [1.54, 1.807) is 0 Å². The lowest BCUT2D eigenvalue weighted by Crippen LogP contribution is -2.40. The molecule has 4 heterocycles. The molecular weight excluding hydrogens is 619 g/mol. The Bertz CT molecular complexity index is 1650. The van der Waals surface area contributed by atoms with Gasteiger partial charge in [-0.05, 0) is 48.2 Å². The standard InChI is InChI=1S/2C19H18ClNO2/c2*1-19-12-21(10-13-6-3-2-4-7-13)18(22)17(19)14-8-5-9-16(20)15(14)11-23-19/h2*2-9,17H,10-12H2,1H3/t17-,19+;17-,19-/m10/s1. The van der Waals surface area contributed by atoms with Gasteiger partial charge in [0, 0.05) is 34.3 Å². The highest BCUT2D eigenvalue weighted by atomic mass is 35.5. The first-order valence-electron chi connectivity index (χ1n) is 15.6. The van der Waals surface area contributed by atoms with Crippen LogP contribution in [0.15, 0.2) is 97.1 Å². The highest BCUT2D eigenvalue weighted by Gasteiger charge is 2.55. The third kappa shape index (κ3) is 5.51. The van der Waals surface area contributed by atoms with Gasteiger partial charge in [0.15, 0.2) is 0 Å². The molecule has 8 rings (SSSR count). The number of hydrogen-bond donors (Lipinski definition) is 0. The number of likely N-dealkylation sites (tertiary alicyclic amines) is 2. The topological polar surface area (TPSA) is 59.1 Å². The lowest BCUT2D eigenvalue weighted by atomic mass is 9.81. The SMILES string of the molecule is C[C@]12CN(Cc3ccccc3)C(=O)[C@@H]1c1cccc(Cl)c1CO2.C[C@]12CN(Cc3ccccc3)C(=O)[C@H]1c1cccc(Cl)c1CO2. The second-order valence-corrected chi connectivity index (χ2v) is 13.9. The van der Waals surface area contributed by atoms with Crippen LogP contribution in [0.2, 0.25) is 10.0 Å². The summed E-state index contributed by atoms with van der Waals surface area (Å²) in [5.74, 6) is -0.290. The van der Waals surface area contributed by atoms with Gasteiger partial charge in [0.05, 0.1) is 49.3 Å². The molecule has 0 aromatic heterocycles. The zero-order chi connectivity index (χ0) is 32.1. The average molecular weight is 656 g/mol. The number of nitrogens with zero attached hydrogens (tertiary/aromatic N) is 2. The second-order valence-electron chi connectivity index (χ2n) is 13.0. The molecule has 0 unspecified atom stereocenters. The maximum absolute atomic E-state index is 13.0. The van der Waals surface area contributed by atoms with Gasteiger partial charge in [0.1, 0.15) is 0 Å². The van der Waals surface area contributed by atoms with Gasteiger partial charge in [-0.2, -0.15) is 0 Å². The van der Waals surface area contributed by atoms with E-state index in [9.17, 15) is 9.59 Å². The molecule has 0 aliphatic carbocycles. The molecule has 4 aromatic carbocycles. The molecule has 2 fully saturated rings. The van der Waals surface area contributed by atoms with E-state index < -0.39 is 11.2 Å². The Balaban J connectivity index is 0.000000147. The van der Waals surface area contributed by atoms with Gasteiger partial charge in [-0.25, -0.2) is 0 Å². The Morgan fingerprint density at radius 3 is 1.39 bits per heavy atom. The summed E-state index contributed by atoms with van der Waals surface area (Å²) in [5.41, 5.74) is 5.24. The van der Waals surface area contributed by atoms with Crippen molar-refractivity contribution in [2.75, 3.05) is 13.1 Å². The van der Waals surface area contributed by atoms with Crippen molar-refractivity contribution < 1.29 is 19.1 Å². The molecule has 0 radical (unpaired) electrons. The van der Waals surface area contributed by atoms with Crippen LogP contribution in [0.1, 0.15) is 59.1 Å². The van der Waals surface area contributed by atoms with Crippen LogP contribution in [0.4, 0.5) is 0 Å². The van der Waals surface area contributed by atoms with Crippen LogP contribution in [0.3, 0.4) is 0 Å². The summed E-state index contributed by atoms with van der Waals surface area (Å²) in [6.07, 6.45) is 0. The largest absolute Gasteiger partial charge is 0.368 e. The van der Waals surface area contributed by atoms with E-state index in [0.717, 1.165) is 33.4 Å². The first kappa shape index (κ1) is 30.9. The summed E-state index contributed by atoms with van der Waals surface area (Å²) in [4.78, 5) is 29.9. The number of halogens is 2. The quantitative estimate of drug-likeness (QED) is 0.229. The third-order valence-electron chi connectivity index (χ3n) is 9.81. The molecule has 0 saturated carbocycles. The van der Waals surface area contributed by atoms with Crippen molar-refractivity contribution in [3.05, 3.63) is 140 Å². The van der Waals surface area contributed by atoms with Gasteiger partial charge in [-0.15, -0.1) is 0 Å². The van der Waals surface area contributed by atoms with Crippen LogP contribution in [0.5, 0.6) is 0 Å². The maximum Gasteiger partial charge on any atom is 0.233 e. The summed E-state index contributed by atoms with van der Waals surface area (Å²) in [5, 5.41) is 1.36. The van der Waals surface area contributed by atoms with E-state index in [4.69, 9.17) is 32.7 Å². The lowest BCUT2D eigenvalue weighted by Gasteiger charge is -2.35. The minimum atomic E-state index is -0.483. The van der Waals surface area contributed by atoms with E-state index in [0.29, 0.717) is 49.4 Å². The number of benzene rings is 4. The van der Waals surface area contributed by atoms with Gasteiger partial charge < -0.3 is 19.3 Å². The fourth-order valence-corrected chi connectivity index (χ4v) is 7.98. The number of carbonyl (C=O) groups excluding carboxylic acids is 2. The van der Waals surface area contributed by atoms with Gasteiger partial charge in [0.2, 0.25) is 11.8 Å². The van der Waals surface area contributed by atoms with Crippen molar-refractivity contribution in [2.45, 2.75) is 63.2 Å². The molecular formula is C38H36Cl2N2O4. The predicted octanol–water partition coefficient (Wildman–Crippen LogP) is 7.51. The van der Waals surface area contributed by atoms with Crippen LogP contribution >= 0.6 is 23.2 Å². The Labute approximate surface area is 279 Å². The van der Waals surface area contributed by atoms with E-state index in [1.165, 1.54) is 0 Å². The smallest absolute Gasteiger partial charge is 0.233 e. The molecule has 0 bridgehead atoms. The Kier molecular flexibility index (Phi) is 8.18. The zero-order valence-corrected chi connectivity index (χ0v) is 27.4. The molecule has 46 heavy (non-hydrogen) atoms. The van der Waals surface area contributed by atoms with Crippen LogP contribution in [-0.4, -0.2) is 45.9 Å². The molecule has 2 amide bonds. The van der Waals surface area contributed by atoms with Crippen molar-refractivity contribution in [3.8, 4) is 0 Å². The predicted molar refractivity (Wildman–Crippen MR) is 178 cm³/mol. The number of carbonyl (C=O) groups is 2. The lowest BCUT2D eigenvalue weighted by molar-refractivity contribution is -0.132. The van der Waals surface area contributed by atoms with Gasteiger partial charge in [0.25, 0.3) is 0 Å². The number of rotatable bonds is 4. The summed E-state index contributed by atoms with van der Waals surface area (Å²) in [6.45, 7) is 7.45. The molecule has 0 spiro atoms. The van der Waals surface area contributed by atoms with E-state index in [1.807, 2.05) is 121 Å². The summed E-state index contributed by atoms with van der Waals surface area (Å²) >= 11 is 12.6. The number of hydrogen-bond acceptors (Lipinski definition) is 4. The maximum atomic E-state index is 13.0. The average Bonchev–Trinajstić information content (AvgIpc) is 3.46. The number of amides is 2. The van der Waals surface area contributed by atoms with Gasteiger partial charge in [-0.3, -0.25) is 9.59 Å². The molecule has 4 aliphatic heterocycles. The van der Waals surface area contributed by atoms with Crippen molar-refractivity contribution in [2.24, 2.45) is 0 Å². The number of ether oxygens (including phenoxy) is 2. The first-order chi connectivity index (χ1) is 22.2. The molecule has 4 aliphatic rings. The second kappa shape index (κ2) is 12.2. The van der Waals surface area contributed by atoms with Crippen LogP contribution in [0, 0.1) is 0 Å². The highest BCUT2D eigenvalue weighted by Crippen LogP contribution is 2.48. The Hall–Kier alpha value is -3.68. The van der Waals surface area contributed by atoms with E-state index >= 15 is 0 Å². The first-order valence-corrected chi connectivity index (χ1v) is 16.4. The van der Waals surface area contributed by atoms with Crippen LogP contribution in [-0.2, 0) is 45.4 Å². The summed E-state index contributed by atoms with van der Waals surface area (Å²) in [6, 6.07) is 31.7. The minimum Gasteiger partial charge on any atom is -0.368 e. The molecule has 4 aromatic rings. The fourth-order valence-electron chi connectivity index (χ4n) is 7.51. The van der Waals surface area contributed by atoms with E-state index in [2.05, 4.69) is 0 Å². The summed E-state index contributed by atoms with van der Waals surface area (Å²) < 4.78 is 12.2. The van der Waals surface area contributed by atoms with Gasteiger partial charge >= 0.3 is 0 Å². The van der Waals surface area contributed by atoms with Crippen molar-refractivity contribution in [1.29, 1.82) is 0 Å².